The summed E-state index contributed by atoms with van der Waals surface area (Å²) in [5.41, 5.74) is 0. The molecule has 1 aliphatic carbocycles. The Kier molecular flexibility index (Phi) is 2.21. The molecule has 0 aromatic heterocycles. The minimum Gasteiger partial charge on any atom is -0.337 e. The molecule has 3 amide bonds. The minimum absolute atomic E-state index is 0.0197. The third-order valence-electron chi connectivity index (χ3n) is 2.96. The van der Waals surface area contributed by atoms with E-state index in [0.29, 0.717) is 12.5 Å². The van der Waals surface area contributed by atoms with E-state index < -0.39 is 0 Å². The molecule has 1 heterocycles. The molecule has 1 unspecified atom stereocenters. The van der Waals surface area contributed by atoms with Gasteiger partial charge in [-0.15, -0.1) is 0 Å². The zero-order valence-corrected chi connectivity index (χ0v) is 8.62. The molecule has 4 heteroatoms. The Morgan fingerprint density at radius 1 is 1.36 bits per heavy atom. The summed E-state index contributed by atoms with van der Waals surface area (Å²) in [6.07, 6.45) is 1.95. The number of nitrogens with zero attached hydrogens (tertiary/aromatic N) is 1. The fraction of sp³-hybridized carbons (Fsp3) is 0.800. The highest BCUT2D eigenvalue weighted by molar-refractivity contribution is 5.98. The van der Waals surface area contributed by atoms with Crippen LogP contribution in [0.4, 0.5) is 4.79 Å². The average molecular weight is 196 g/mol. The van der Waals surface area contributed by atoms with Crippen LogP contribution in [0.15, 0.2) is 0 Å². The third-order valence-corrected chi connectivity index (χ3v) is 2.96. The maximum Gasteiger partial charge on any atom is 0.324 e. The molecule has 78 valence electrons. The monoisotopic (exact) mass is 196 g/mol. The van der Waals surface area contributed by atoms with Gasteiger partial charge in [-0.25, -0.2) is 4.79 Å². The standard InChI is InChI=1S/C10H16N2O2/c1-6(2)8-5-11-10(14)12(9(8)13)7-3-4-7/h6-8H,3-5H2,1-2H3,(H,11,14). The number of hydrogen-bond acceptors (Lipinski definition) is 2. The summed E-state index contributed by atoms with van der Waals surface area (Å²) >= 11 is 0. The number of hydrogen-bond donors (Lipinski definition) is 1. The average Bonchev–Trinajstić information content (AvgIpc) is 2.87. The van der Waals surface area contributed by atoms with Crippen molar-refractivity contribution in [2.45, 2.75) is 32.7 Å². The molecule has 1 N–H and O–H groups in total. The van der Waals surface area contributed by atoms with Crippen LogP contribution in [0.2, 0.25) is 0 Å². The van der Waals surface area contributed by atoms with Gasteiger partial charge in [0.25, 0.3) is 0 Å². The third kappa shape index (κ3) is 1.49. The largest absolute Gasteiger partial charge is 0.337 e. The van der Waals surface area contributed by atoms with Crippen molar-refractivity contribution in [3.05, 3.63) is 0 Å². The first-order valence-electron chi connectivity index (χ1n) is 5.22. The number of nitrogens with one attached hydrogen (secondary N) is 1. The molecule has 0 spiro atoms. The quantitative estimate of drug-likeness (QED) is 0.715. The Morgan fingerprint density at radius 2 is 2.00 bits per heavy atom. The van der Waals surface area contributed by atoms with E-state index in [9.17, 15) is 9.59 Å². The number of imide groups is 1. The van der Waals surface area contributed by atoms with E-state index in [-0.39, 0.29) is 23.9 Å². The van der Waals surface area contributed by atoms with Crippen LogP contribution >= 0.6 is 0 Å². The Hall–Kier alpha value is -1.06. The summed E-state index contributed by atoms with van der Waals surface area (Å²) in [7, 11) is 0. The number of rotatable bonds is 2. The Bertz CT molecular complexity index is 271. The van der Waals surface area contributed by atoms with Crippen molar-refractivity contribution in [3.63, 3.8) is 0 Å². The Labute approximate surface area is 83.6 Å². The highest BCUT2D eigenvalue weighted by Crippen LogP contribution is 2.31. The molecular formula is C10H16N2O2. The van der Waals surface area contributed by atoms with Gasteiger partial charge in [0.05, 0.1) is 5.92 Å². The van der Waals surface area contributed by atoms with E-state index in [1.165, 1.54) is 4.90 Å². The number of carbonyl (C=O) groups is 2. The molecular weight excluding hydrogens is 180 g/mol. The fourth-order valence-corrected chi connectivity index (χ4v) is 1.85. The molecule has 14 heavy (non-hydrogen) atoms. The van der Waals surface area contributed by atoms with E-state index >= 15 is 0 Å². The van der Waals surface area contributed by atoms with Crippen LogP contribution in [0.5, 0.6) is 0 Å². The zero-order chi connectivity index (χ0) is 10.3. The van der Waals surface area contributed by atoms with E-state index in [1.807, 2.05) is 13.8 Å². The van der Waals surface area contributed by atoms with Crippen LogP contribution in [0.25, 0.3) is 0 Å². The van der Waals surface area contributed by atoms with Crippen LogP contribution in [-0.2, 0) is 4.79 Å². The van der Waals surface area contributed by atoms with Gasteiger partial charge in [-0.3, -0.25) is 9.69 Å². The van der Waals surface area contributed by atoms with Crippen LogP contribution in [0.1, 0.15) is 26.7 Å². The zero-order valence-electron chi connectivity index (χ0n) is 8.62. The van der Waals surface area contributed by atoms with Gasteiger partial charge in [0, 0.05) is 12.6 Å². The molecule has 0 bridgehead atoms. The summed E-state index contributed by atoms with van der Waals surface area (Å²) in [4.78, 5) is 24.8. The molecule has 1 saturated carbocycles. The SMILES string of the molecule is CC(C)C1CNC(=O)N(C2CC2)C1=O. The molecule has 1 atom stereocenters. The molecule has 1 saturated heterocycles. The lowest BCUT2D eigenvalue weighted by Crippen LogP contribution is -2.56. The van der Waals surface area contributed by atoms with Crippen molar-refractivity contribution >= 4 is 11.9 Å². The minimum atomic E-state index is -0.200. The highest BCUT2D eigenvalue weighted by atomic mass is 16.2. The normalized spacial score (nSPS) is 28.2. The topological polar surface area (TPSA) is 49.4 Å². The Balaban J connectivity index is 2.13. The van der Waals surface area contributed by atoms with Gasteiger partial charge >= 0.3 is 6.03 Å². The van der Waals surface area contributed by atoms with Gasteiger partial charge in [-0.05, 0) is 18.8 Å². The first kappa shape index (κ1) is 9.49. The van der Waals surface area contributed by atoms with E-state index in [4.69, 9.17) is 0 Å². The highest BCUT2D eigenvalue weighted by Gasteiger charge is 2.43. The van der Waals surface area contributed by atoms with Gasteiger partial charge in [0.15, 0.2) is 0 Å². The van der Waals surface area contributed by atoms with Gasteiger partial charge < -0.3 is 5.32 Å². The maximum absolute atomic E-state index is 11.9. The summed E-state index contributed by atoms with van der Waals surface area (Å²) in [6.45, 7) is 4.54. The second kappa shape index (κ2) is 3.26. The van der Waals surface area contributed by atoms with E-state index in [0.717, 1.165) is 12.8 Å². The van der Waals surface area contributed by atoms with Crippen molar-refractivity contribution in [3.8, 4) is 0 Å². The summed E-state index contributed by atoms with van der Waals surface area (Å²) in [5.74, 6) is 0.281. The second-order valence-corrected chi connectivity index (χ2v) is 4.48. The lowest BCUT2D eigenvalue weighted by Gasteiger charge is -2.33. The first-order chi connectivity index (χ1) is 6.61. The molecule has 2 fully saturated rings. The van der Waals surface area contributed by atoms with Crippen molar-refractivity contribution in [2.75, 3.05) is 6.54 Å². The molecule has 4 nitrogen and oxygen atoms in total. The van der Waals surface area contributed by atoms with Crippen molar-refractivity contribution < 1.29 is 9.59 Å². The van der Waals surface area contributed by atoms with Crippen molar-refractivity contribution in [2.24, 2.45) is 11.8 Å². The van der Waals surface area contributed by atoms with Crippen LogP contribution in [0, 0.1) is 11.8 Å². The van der Waals surface area contributed by atoms with Gasteiger partial charge in [0.2, 0.25) is 5.91 Å². The second-order valence-electron chi connectivity index (χ2n) is 4.48. The fourth-order valence-electron chi connectivity index (χ4n) is 1.85. The molecule has 0 radical (unpaired) electrons. The Morgan fingerprint density at radius 3 is 2.50 bits per heavy atom. The molecule has 2 rings (SSSR count). The van der Waals surface area contributed by atoms with Gasteiger partial charge in [-0.1, -0.05) is 13.8 Å². The predicted octanol–water partition coefficient (Wildman–Crippen LogP) is 0.973. The van der Waals surface area contributed by atoms with Crippen LogP contribution in [-0.4, -0.2) is 29.4 Å². The van der Waals surface area contributed by atoms with E-state index in [1.54, 1.807) is 0 Å². The van der Waals surface area contributed by atoms with Crippen LogP contribution < -0.4 is 5.32 Å². The lowest BCUT2D eigenvalue weighted by atomic mass is 9.93. The maximum atomic E-state index is 11.9. The number of amides is 3. The van der Waals surface area contributed by atoms with Gasteiger partial charge in [-0.2, -0.15) is 0 Å². The smallest absolute Gasteiger partial charge is 0.324 e. The summed E-state index contributed by atoms with van der Waals surface area (Å²) < 4.78 is 0. The van der Waals surface area contributed by atoms with Gasteiger partial charge in [0.1, 0.15) is 0 Å². The number of urea groups is 1. The summed E-state index contributed by atoms with van der Waals surface area (Å²) in [5, 5.41) is 2.78. The van der Waals surface area contributed by atoms with Crippen molar-refractivity contribution in [1.29, 1.82) is 0 Å². The molecule has 0 aromatic rings. The van der Waals surface area contributed by atoms with E-state index in [2.05, 4.69) is 5.32 Å². The molecule has 2 aliphatic rings. The van der Waals surface area contributed by atoms with Crippen molar-refractivity contribution in [1.82, 2.24) is 10.2 Å². The molecule has 0 aromatic carbocycles. The first-order valence-corrected chi connectivity index (χ1v) is 5.22. The molecule has 1 aliphatic heterocycles. The predicted molar refractivity (Wildman–Crippen MR) is 51.6 cm³/mol. The lowest BCUT2D eigenvalue weighted by molar-refractivity contribution is -0.135. The number of carbonyl (C=O) groups excluding carboxylic acids is 2. The van der Waals surface area contributed by atoms with Crippen LogP contribution in [0.3, 0.4) is 0 Å². The summed E-state index contributed by atoms with van der Waals surface area (Å²) in [6, 6.07) is -0.0153.